The van der Waals surface area contributed by atoms with Gasteiger partial charge < -0.3 is 10.0 Å². The Hall–Kier alpha value is -0.840. The van der Waals surface area contributed by atoms with Gasteiger partial charge >= 0.3 is 0 Å². The monoisotopic (exact) mass is 288 g/mol. The SMILES string of the molecule is Cc1ccc(N2CCN(CC(C)O)CC2)c(F)c1.Cl. The van der Waals surface area contributed by atoms with Crippen LogP contribution in [0.25, 0.3) is 0 Å². The zero-order valence-electron chi connectivity index (χ0n) is 11.5. The molecule has 1 aromatic carbocycles. The summed E-state index contributed by atoms with van der Waals surface area (Å²) in [6, 6.07) is 5.38. The zero-order valence-corrected chi connectivity index (χ0v) is 12.3. The van der Waals surface area contributed by atoms with Crippen LogP contribution < -0.4 is 4.90 Å². The lowest BCUT2D eigenvalue weighted by Gasteiger charge is -2.36. The highest BCUT2D eigenvalue weighted by Crippen LogP contribution is 2.21. The maximum Gasteiger partial charge on any atom is 0.146 e. The van der Waals surface area contributed by atoms with E-state index in [1.54, 1.807) is 13.0 Å². The highest BCUT2D eigenvalue weighted by molar-refractivity contribution is 5.85. The molecule has 0 bridgehead atoms. The van der Waals surface area contributed by atoms with Gasteiger partial charge in [0.1, 0.15) is 5.82 Å². The van der Waals surface area contributed by atoms with Crippen LogP contribution in [0.1, 0.15) is 12.5 Å². The van der Waals surface area contributed by atoms with Gasteiger partial charge in [-0.3, -0.25) is 4.90 Å². The maximum absolute atomic E-state index is 13.8. The van der Waals surface area contributed by atoms with Crippen molar-refractivity contribution < 1.29 is 9.50 Å². The normalized spacial score (nSPS) is 18.0. The molecule has 1 aliphatic heterocycles. The fourth-order valence-electron chi connectivity index (χ4n) is 2.41. The van der Waals surface area contributed by atoms with Gasteiger partial charge in [0.05, 0.1) is 11.8 Å². The van der Waals surface area contributed by atoms with Crippen LogP contribution in [0.3, 0.4) is 0 Å². The Labute approximate surface area is 120 Å². The predicted molar refractivity (Wildman–Crippen MR) is 78.7 cm³/mol. The molecule has 0 spiro atoms. The Morgan fingerprint density at radius 2 is 1.89 bits per heavy atom. The molecule has 1 unspecified atom stereocenters. The minimum atomic E-state index is -0.298. The Morgan fingerprint density at radius 3 is 2.42 bits per heavy atom. The van der Waals surface area contributed by atoms with Gasteiger partial charge in [-0.1, -0.05) is 6.07 Å². The molecule has 2 rings (SSSR count). The minimum Gasteiger partial charge on any atom is -0.392 e. The summed E-state index contributed by atoms with van der Waals surface area (Å²) < 4.78 is 13.8. The second-order valence-corrected chi connectivity index (χ2v) is 5.09. The molecule has 1 atom stereocenters. The van der Waals surface area contributed by atoms with Crippen molar-refractivity contribution in [2.75, 3.05) is 37.6 Å². The van der Waals surface area contributed by atoms with E-state index < -0.39 is 0 Å². The number of anilines is 1. The van der Waals surface area contributed by atoms with Gasteiger partial charge in [0.25, 0.3) is 0 Å². The molecular formula is C14H22ClFN2O. The minimum absolute atomic E-state index is 0. The Kier molecular flexibility index (Phi) is 6.04. The summed E-state index contributed by atoms with van der Waals surface area (Å²) in [5, 5.41) is 9.35. The van der Waals surface area contributed by atoms with Crippen molar-refractivity contribution in [2.24, 2.45) is 0 Å². The van der Waals surface area contributed by atoms with Gasteiger partial charge in [0.2, 0.25) is 0 Å². The third kappa shape index (κ3) is 4.34. The molecule has 5 heteroatoms. The lowest BCUT2D eigenvalue weighted by atomic mass is 10.2. The van der Waals surface area contributed by atoms with Gasteiger partial charge in [-0.05, 0) is 31.5 Å². The lowest BCUT2D eigenvalue weighted by Crippen LogP contribution is -2.48. The van der Waals surface area contributed by atoms with Crippen LogP contribution >= 0.6 is 12.4 Å². The van der Waals surface area contributed by atoms with E-state index >= 15 is 0 Å². The lowest BCUT2D eigenvalue weighted by molar-refractivity contribution is 0.122. The van der Waals surface area contributed by atoms with Crippen LogP contribution in [0.5, 0.6) is 0 Å². The van der Waals surface area contributed by atoms with Gasteiger partial charge in [0, 0.05) is 32.7 Å². The van der Waals surface area contributed by atoms with E-state index in [9.17, 15) is 9.50 Å². The van der Waals surface area contributed by atoms with E-state index in [1.165, 1.54) is 0 Å². The standard InChI is InChI=1S/C14H21FN2O.ClH/c1-11-3-4-14(13(15)9-11)17-7-5-16(6-8-17)10-12(2)18;/h3-4,9,12,18H,5-8,10H2,1-2H3;1H. The van der Waals surface area contributed by atoms with Crippen LogP contribution in [-0.2, 0) is 0 Å². The number of hydrogen-bond acceptors (Lipinski definition) is 3. The Balaban J connectivity index is 0.00000180. The van der Waals surface area contributed by atoms with Crippen molar-refractivity contribution in [1.82, 2.24) is 4.90 Å². The summed E-state index contributed by atoms with van der Waals surface area (Å²) in [6.07, 6.45) is -0.298. The molecule has 0 aliphatic carbocycles. The smallest absolute Gasteiger partial charge is 0.146 e. The highest BCUT2D eigenvalue weighted by atomic mass is 35.5. The summed E-state index contributed by atoms with van der Waals surface area (Å²) >= 11 is 0. The third-order valence-electron chi connectivity index (χ3n) is 3.34. The van der Waals surface area contributed by atoms with E-state index in [2.05, 4.69) is 9.80 Å². The number of benzene rings is 1. The number of aliphatic hydroxyl groups is 1. The third-order valence-corrected chi connectivity index (χ3v) is 3.34. The molecule has 3 nitrogen and oxygen atoms in total. The van der Waals surface area contributed by atoms with E-state index in [0.717, 1.165) is 31.7 Å². The molecule has 0 aromatic heterocycles. The Morgan fingerprint density at radius 1 is 1.26 bits per heavy atom. The summed E-state index contributed by atoms with van der Waals surface area (Å²) in [5.74, 6) is -0.140. The number of β-amino-alcohol motifs (C(OH)–C–C–N with tert-alkyl or cyclic N) is 1. The van der Waals surface area contributed by atoms with Gasteiger partial charge in [-0.25, -0.2) is 4.39 Å². The van der Waals surface area contributed by atoms with Crippen LogP contribution in [0.15, 0.2) is 18.2 Å². The Bertz CT molecular complexity index is 406. The van der Waals surface area contributed by atoms with E-state index in [1.807, 2.05) is 19.1 Å². The topological polar surface area (TPSA) is 26.7 Å². The molecule has 1 heterocycles. The molecule has 1 fully saturated rings. The van der Waals surface area contributed by atoms with Gasteiger partial charge in [-0.2, -0.15) is 0 Å². The van der Waals surface area contributed by atoms with Crippen LogP contribution in [0, 0.1) is 12.7 Å². The van der Waals surface area contributed by atoms with Crippen molar-refractivity contribution in [3.63, 3.8) is 0 Å². The molecule has 1 aliphatic rings. The second-order valence-electron chi connectivity index (χ2n) is 5.09. The van der Waals surface area contributed by atoms with E-state index in [-0.39, 0.29) is 24.3 Å². The quantitative estimate of drug-likeness (QED) is 0.922. The average molecular weight is 289 g/mol. The maximum atomic E-state index is 13.8. The van der Waals surface area contributed by atoms with Crippen molar-refractivity contribution in [3.8, 4) is 0 Å². The summed E-state index contributed by atoms with van der Waals surface area (Å²) in [7, 11) is 0. The fourth-order valence-corrected chi connectivity index (χ4v) is 2.41. The first kappa shape index (κ1) is 16.2. The van der Waals surface area contributed by atoms with Crippen molar-refractivity contribution in [1.29, 1.82) is 0 Å². The van der Waals surface area contributed by atoms with Gasteiger partial charge in [0.15, 0.2) is 0 Å². The molecule has 1 N–H and O–H groups in total. The highest BCUT2D eigenvalue weighted by Gasteiger charge is 2.19. The second kappa shape index (κ2) is 7.08. The van der Waals surface area contributed by atoms with E-state index in [4.69, 9.17) is 0 Å². The van der Waals surface area contributed by atoms with Gasteiger partial charge in [-0.15, -0.1) is 12.4 Å². The van der Waals surface area contributed by atoms with Crippen LogP contribution in [0.2, 0.25) is 0 Å². The summed E-state index contributed by atoms with van der Waals surface area (Å²) in [4.78, 5) is 4.29. The average Bonchev–Trinajstić information content (AvgIpc) is 2.30. The fraction of sp³-hybridized carbons (Fsp3) is 0.571. The summed E-state index contributed by atoms with van der Waals surface area (Å²) in [6.45, 7) is 7.76. The van der Waals surface area contributed by atoms with E-state index in [0.29, 0.717) is 12.2 Å². The first-order valence-electron chi connectivity index (χ1n) is 6.48. The van der Waals surface area contributed by atoms with Crippen molar-refractivity contribution in [2.45, 2.75) is 20.0 Å². The first-order valence-corrected chi connectivity index (χ1v) is 6.48. The number of piperazine rings is 1. The number of aliphatic hydroxyl groups excluding tert-OH is 1. The number of aryl methyl sites for hydroxylation is 1. The molecule has 1 aromatic rings. The number of halogens is 2. The molecular weight excluding hydrogens is 267 g/mol. The molecule has 19 heavy (non-hydrogen) atoms. The summed E-state index contributed by atoms with van der Waals surface area (Å²) in [5.41, 5.74) is 1.64. The van der Waals surface area contributed by atoms with Crippen LogP contribution in [0.4, 0.5) is 10.1 Å². The molecule has 0 radical (unpaired) electrons. The molecule has 108 valence electrons. The number of hydrogen-bond donors (Lipinski definition) is 1. The van der Waals surface area contributed by atoms with Crippen molar-refractivity contribution in [3.05, 3.63) is 29.6 Å². The predicted octanol–water partition coefficient (Wildman–Crippen LogP) is 2.06. The number of nitrogens with zero attached hydrogens (tertiary/aromatic N) is 2. The zero-order chi connectivity index (χ0) is 13.1. The van der Waals surface area contributed by atoms with Crippen molar-refractivity contribution >= 4 is 18.1 Å². The molecule has 1 saturated heterocycles. The largest absolute Gasteiger partial charge is 0.392 e. The van der Waals surface area contributed by atoms with Crippen LogP contribution in [-0.4, -0.2) is 48.8 Å². The number of rotatable bonds is 3. The molecule has 0 amide bonds. The first-order chi connectivity index (χ1) is 8.56. The molecule has 0 saturated carbocycles.